The van der Waals surface area contributed by atoms with Gasteiger partial charge in [0.05, 0.1) is 18.8 Å². The van der Waals surface area contributed by atoms with Crippen molar-refractivity contribution >= 4 is 17.5 Å². The van der Waals surface area contributed by atoms with Gasteiger partial charge < -0.3 is 19.7 Å². The first-order valence-electron chi connectivity index (χ1n) is 9.10. The van der Waals surface area contributed by atoms with Crippen LogP contribution in [0, 0.1) is 0 Å². The van der Waals surface area contributed by atoms with Crippen LogP contribution in [-0.2, 0) is 9.53 Å². The summed E-state index contributed by atoms with van der Waals surface area (Å²) >= 11 is 6.02. The molecule has 144 valence electrons. The van der Waals surface area contributed by atoms with Crippen LogP contribution in [0.1, 0.15) is 18.5 Å². The van der Waals surface area contributed by atoms with Gasteiger partial charge >= 0.3 is 0 Å². The normalized spacial score (nSPS) is 19.9. The molecule has 1 aliphatic rings. The van der Waals surface area contributed by atoms with Crippen LogP contribution < -0.4 is 10.1 Å². The number of halogens is 1. The van der Waals surface area contributed by atoms with E-state index in [1.165, 1.54) is 0 Å². The lowest BCUT2D eigenvalue weighted by molar-refractivity contribution is -0.130. The Balaban J connectivity index is 1.73. The fraction of sp³-hybridized carbons (Fsp3) is 0.381. The van der Waals surface area contributed by atoms with Gasteiger partial charge in [-0.1, -0.05) is 41.9 Å². The number of morpholine rings is 1. The average Bonchev–Trinajstić information content (AvgIpc) is 2.67. The third-order valence-corrected chi connectivity index (χ3v) is 4.87. The molecule has 2 aromatic carbocycles. The number of hydrogen-bond donors (Lipinski definition) is 1. The average molecular weight is 389 g/mol. The Morgan fingerprint density at radius 3 is 2.59 bits per heavy atom. The number of nitrogens with zero attached hydrogens (tertiary/aromatic N) is 1. The molecule has 0 radical (unpaired) electrons. The van der Waals surface area contributed by atoms with Crippen LogP contribution in [0.5, 0.6) is 5.75 Å². The Labute approximate surface area is 165 Å². The number of ether oxygens (including phenoxy) is 2. The van der Waals surface area contributed by atoms with Gasteiger partial charge in [-0.2, -0.15) is 0 Å². The summed E-state index contributed by atoms with van der Waals surface area (Å²) in [6.07, 6.45) is -0.763. The molecule has 2 aromatic rings. The van der Waals surface area contributed by atoms with Crippen LogP contribution in [0.15, 0.2) is 54.6 Å². The summed E-state index contributed by atoms with van der Waals surface area (Å²) in [5.41, 5.74) is 0.958. The molecule has 1 heterocycles. The summed E-state index contributed by atoms with van der Waals surface area (Å²) in [4.78, 5) is 15.0. The number of likely N-dealkylation sites (N-methyl/N-ethyl adjacent to an activating group) is 1. The van der Waals surface area contributed by atoms with Crippen molar-refractivity contribution in [2.24, 2.45) is 0 Å². The van der Waals surface area contributed by atoms with E-state index in [0.29, 0.717) is 17.4 Å². The molecule has 0 aromatic heterocycles. The van der Waals surface area contributed by atoms with Gasteiger partial charge in [-0.25, -0.2) is 0 Å². The Hall–Kier alpha value is -2.08. The Bertz CT molecular complexity index is 739. The number of hydrogen-bond acceptors (Lipinski definition) is 4. The number of benzene rings is 2. The van der Waals surface area contributed by atoms with E-state index < -0.39 is 6.10 Å². The molecule has 0 unspecified atom stereocenters. The van der Waals surface area contributed by atoms with Crippen LogP contribution in [0.3, 0.4) is 0 Å². The van der Waals surface area contributed by atoms with Gasteiger partial charge in [-0.3, -0.25) is 4.79 Å². The molecular weight excluding hydrogens is 364 g/mol. The third-order valence-electron chi connectivity index (χ3n) is 4.62. The Morgan fingerprint density at radius 1 is 1.22 bits per heavy atom. The highest BCUT2D eigenvalue weighted by molar-refractivity contribution is 6.30. The summed E-state index contributed by atoms with van der Waals surface area (Å²) in [6, 6.07) is 16.6. The molecule has 1 amide bonds. The van der Waals surface area contributed by atoms with Gasteiger partial charge in [0, 0.05) is 18.1 Å². The van der Waals surface area contributed by atoms with Crippen molar-refractivity contribution in [2.45, 2.75) is 25.2 Å². The first kappa shape index (κ1) is 19.7. The summed E-state index contributed by atoms with van der Waals surface area (Å²) in [5, 5.41) is 3.76. The lowest BCUT2D eigenvalue weighted by atomic mass is 9.99. The van der Waals surface area contributed by atoms with Crippen molar-refractivity contribution in [3.05, 3.63) is 65.2 Å². The zero-order chi connectivity index (χ0) is 19.2. The number of amides is 1. The SMILES string of the molecule is C[C@H](Oc1ccccc1)C(=O)N[C@@H](c1ccc(Cl)cc1)[C@@H]1CN(C)CCO1. The smallest absolute Gasteiger partial charge is 0.261 e. The fourth-order valence-corrected chi connectivity index (χ4v) is 3.23. The maximum absolute atomic E-state index is 12.8. The molecule has 1 saturated heterocycles. The number of para-hydroxylation sites is 1. The van der Waals surface area contributed by atoms with Crippen molar-refractivity contribution < 1.29 is 14.3 Å². The molecule has 1 aliphatic heterocycles. The Kier molecular flexibility index (Phi) is 6.72. The van der Waals surface area contributed by atoms with E-state index in [0.717, 1.165) is 18.7 Å². The van der Waals surface area contributed by atoms with E-state index >= 15 is 0 Å². The van der Waals surface area contributed by atoms with E-state index in [2.05, 4.69) is 17.3 Å². The standard InChI is InChI=1S/C21H25ClN2O3/c1-15(27-18-6-4-3-5-7-18)21(25)23-20(16-8-10-17(22)11-9-16)19-14-24(2)12-13-26-19/h3-11,15,19-20H,12-14H2,1-2H3,(H,23,25)/t15-,19-,20-/m0/s1. The number of carbonyl (C=O) groups is 1. The highest BCUT2D eigenvalue weighted by Crippen LogP contribution is 2.24. The Morgan fingerprint density at radius 2 is 1.93 bits per heavy atom. The molecule has 0 saturated carbocycles. The molecular formula is C21H25ClN2O3. The number of carbonyl (C=O) groups excluding carboxylic acids is 1. The molecule has 6 heteroatoms. The second-order valence-corrected chi connectivity index (χ2v) is 7.22. The largest absolute Gasteiger partial charge is 0.481 e. The molecule has 3 atom stereocenters. The second kappa shape index (κ2) is 9.22. The minimum absolute atomic E-state index is 0.141. The third kappa shape index (κ3) is 5.45. The monoisotopic (exact) mass is 388 g/mol. The van der Waals surface area contributed by atoms with Gasteiger partial charge in [0.2, 0.25) is 0 Å². The van der Waals surface area contributed by atoms with E-state index in [4.69, 9.17) is 21.1 Å². The van der Waals surface area contributed by atoms with E-state index in [-0.39, 0.29) is 18.1 Å². The molecule has 5 nitrogen and oxygen atoms in total. The summed E-state index contributed by atoms with van der Waals surface area (Å²) < 4.78 is 11.7. The lowest BCUT2D eigenvalue weighted by Crippen LogP contribution is -2.49. The van der Waals surface area contributed by atoms with Gasteiger partial charge in [0.25, 0.3) is 5.91 Å². The van der Waals surface area contributed by atoms with Gasteiger partial charge in [-0.15, -0.1) is 0 Å². The minimum atomic E-state index is -0.622. The predicted octanol–water partition coefficient (Wildman–Crippen LogP) is 3.30. The summed E-state index contributed by atoms with van der Waals surface area (Å²) in [5.74, 6) is 0.479. The minimum Gasteiger partial charge on any atom is -0.481 e. The van der Waals surface area contributed by atoms with Crippen LogP contribution in [0.2, 0.25) is 5.02 Å². The second-order valence-electron chi connectivity index (χ2n) is 6.78. The number of nitrogens with one attached hydrogen (secondary N) is 1. The van der Waals surface area contributed by atoms with Crippen LogP contribution in [0.25, 0.3) is 0 Å². The predicted molar refractivity (Wildman–Crippen MR) is 106 cm³/mol. The molecule has 1 fully saturated rings. The summed E-state index contributed by atoms with van der Waals surface area (Å²) in [7, 11) is 2.05. The quantitative estimate of drug-likeness (QED) is 0.825. The number of rotatable bonds is 6. The summed E-state index contributed by atoms with van der Waals surface area (Å²) in [6.45, 7) is 4.00. The van der Waals surface area contributed by atoms with Crippen molar-refractivity contribution in [3.63, 3.8) is 0 Å². The van der Waals surface area contributed by atoms with Crippen molar-refractivity contribution in [1.82, 2.24) is 10.2 Å². The maximum atomic E-state index is 12.8. The molecule has 0 spiro atoms. The van der Waals surface area contributed by atoms with Crippen LogP contribution in [-0.4, -0.2) is 49.8 Å². The van der Waals surface area contributed by atoms with Crippen LogP contribution >= 0.6 is 11.6 Å². The highest BCUT2D eigenvalue weighted by Gasteiger charge is 2.31. The van der Waals surface area contributed by atoms with Gasteiger partial charge in [-0.05, 0) is 43.8 Å². The first-order valence-corrected chi connectivity index (χ1v) is 9.48. The van der Waals surface area contributed by atoms with E-state index in [1.54, 1.807) is 6.92 Å². The molecule has 1 N–H and O–H groups in total. The fourth-order valence-electron chi connectivity index (χ4n) is 3.10. The first-order chi connectivity index (χ1) is 13.0. The van der Waals surface area contributed by atoms with Crippen molar-refractivity contribution in [3.8, 4) is 5.75 Å². The van der Waals surface area contributed by atoms with Gasteiger partial charge in [0.1, 0.15) is 5.75 Å². The van der Waals surface area contributed by atoms with Crippen molar-refractivity contribution in [1.29, 1.82) is 0 Å². The molecule has 3 rings (SSSR count). The zero-order valence-electron chi connectivity index (χ0n) is 15.6. The topological polar surface area (TPSA) is 50.8 Å². The van der Waals surface area contributed by atoms with Crippen molar-refractivity contribution in [2.75, 3.05) is 26.7 Å². The molecule has 0 bridgehead atoms. The van der Waals surface area contributed by atoms with Crippen LogP contribution in [0.4, 0.5) is 0 Å². The maximum Gasteiger partial charge on any atom is 0.261 e. The van der Waals surface area contributed by atoms with Gasteiger partial charge in [0.15, 0.2) is 6.10 Å². The molecule has 27 heavy (non-hydrogen) atoms. The molecule has 0 aliphatic carbocycles. The zero-order valence-corrected chi connectivity index (χ0v) is 16.4. The van der Waals surface area contributed by atoms with E-state index in [9.17, 15) is 4.79 Å². The highest BCUT2D eigenvalue weighted by atomic mass is 35.5. The lowest BCUT2D eigenvalue weighted by Gasteiger charge is -2.36. The van der Waals surface area contributed by atoms with E-state index in [1.807, 2.05) is 54.6 Å².